The van der Waals surface area contributed by atoms with Crippen LogP contribution in [0.5, 0.6) is 0 Å². The summed E-state index contributed by atoms with van der Waals surface area (Å²) in [6.45, 7) is 4.62. The molecule has 6 N–H and O–H groups in total. The Morgan fingerprint density at radius 3 is 2.57 bits per heavy atom. The molecule has 0 spiro atoms. The van der Waals surface area contributed by atoms with Gasteiger partial charge in [-0.2, -0.15) is 0 Å². The van der Waals surface area contributed by atoms with E-state index in [0.717, 1.165) is 32.1 Å². The maximum atomic E-state index is 9.85. The van der Waals surface area contributed by atoms with Gasteiger partial charge in [-0.3, -0.25) is 0 Å². The number of benzene rings is 1. The molecule has 1 aromatic carbocycles. The van der Waals surface area contributed by atoms with Gasteiger partial charge in [0.2, 0.25) is 0 Å². The van der Waals surface area contributed by atoms with Gasteiger partial charge < -0.3 is 26.6 Å². The van der Waals surface area contributed by atoms with E-state index in [0.29, 0.717) is 30.1 Å². The third kappa shape index (κ3) is 4.98. The number of hydrogen-bond donors (Lipinski definition) is 4. The van der Waals surface area contributed by atoms with Gasteiger partial charge in [-0.05, 0) is 107 Å². The monoisotopic (exact) mass is 479 g/mol. The average Bonchev–Trinajstić information content (AvgIpc) is 2.81. The lowest BCUT2D eigenvalue weighted by molar-refractivity contribution is -0.288. The van der Waals surface area contributed by atoms with Crippen molar-refractivity contribution in [2.75, 3.05) is 6.61 Å². The minimum absolute atomic E-state index is 0.0888. The minimum atomic E-state index is -0.334. The maximum absolute atomic E-state index is 9.85. The van der Waals surface area contributed by atoms with Crippen molar-refractivity contribution in [3.8, 4) is 0 Å². The second-order valence-electron chi connectivity index (χ2n) is 12.4. The van der Waals surface area contributed by atoms with Gasteiger partial charge in [-0.25, -0.2) is 0 Å². The molecular formula is C30H45N3O2. The Morgan fingerprint density at radius 2 is 1.89 bits per heavy atom. The molecule has 0 radical (unpaired) electrons. The third-order valence-electron chi connectivity index (χ3n) is 9.76. The number of dihydropyridines is 1. The number of rotatable bonds is 7. The van der Waals surface area contributed by atoms with Crippen LogP contribution in [-0.4, -0.2) is 34.6 Å². The van der Waals surface area contributed by atoms with Crippen molar-refractivity contribution < 1.29 is 9.84 Å². The molecule has 2 bridgehead atoms. The molecule has 5 nitrogen and oxygen atoms in total. The summed E-state index contributed by atoms with van der Waals surface area (Å²) in [6.07, 6.45) is 15.8. The molecule has 6 rings (SSSR count). The van der Waals surface area contributed by atoms with Gasteiger partial charge in [-0.15, -0.1) is 0 Å². The number of nitrogens with one attached hydrogen (secondary N) is 1. The van der Waals surface area contributed by atoms with Crippen LogP contribution in [0.1, 0.15) is 70.8 Å². The van der Waals surface area contributed by atoms with Gasteiger partial charge in [0.05, 0.1) is 17.4 Å². The first kappa shape index (κ1) is 25.0. The van der Waals surface area contributed by atoms with E-state index in [1.54, 1.807) is 0 Å². The smallest absolute Gasteiger partial charge is 0.0934 e. The van der Waals surface area contributed by atoms with Crippen molar-refractivity contribution in [1.29, 1.82) is 0 Å². The van der Waals surface area contributed by atoms with Crippen LogP contribution < -0.4 is 16.8 Å². The summed E-state index contributed by atoms with van der Waals surface area (Å²) in [7, 11) is 0. The molecule has 2 aliphatic carbocycles. The van der Waals surface area contributed by atoms with Crippen molar-refractivity contribution in [3.63, 3.8) is 0 Å². The fourth-order valence-corrected chi connectivity index (χ4v) is 8.27. The van der Waals surface area contributed by atoms with Crippen molar-refractivity contribution >= 4 is 0 Å². The molecule has 3 aliphatic heterocycles. The molecule has 192 valence electrons. The Balaban J connectivity index is 1.39. The summed E-state index contributed by atoms with van der Waals surface area (Å²) < 4.78 is 7.03. The topological polar surface area (TPSA) is 93.5 Å². The lowest BCUT2D eigenvalue weighted by Gasteiger charge is -2.65. The molecule has 3 heterocycles. The van der Waals surface area contributed by atoms with E-state index in [4.69, 9.17) is 16.2 Å². The number of aliphatic hydroxyl groups is 1. The van der Waals surface area contributed by atoms with Crippen LogP contribution in [-0.2, 0) is 11.2 Å². The van der Waals surface area contributed by atoms with Crippen molar-refractivity contribution in [2.24, 2.45) is 35.1 Å². The van der Waals surface area contributed by atoms with Crippen LogP contribution in [0.2, 0.25) is 0 Å². The molecule has 7 atom stereocenters. The van der Waals surface area contributed by atoms with Gasteiger partial charge >= 0.3 is 0 Å². The number of allylic oxidation sites excluding steroid dienone is 2. The zero-order valence-corrected chi connectivity index (χ0v) is 21.6. The first-order chi connectivity index (χ1) is 16.7. The van der Waals surface area contributed by atoms with E-state index < -0.39 is 0 Å². The fourth-order valence-electron chi connectivity index (χ4n) is 8.27. The van der Waals surface area contributed by atoms with E-state index >= 15 is 0 Å². The summed E-state index contributed by atoms with van der Waals surface area (Å²) in [6, 6.07) is 11.0. The predicted octanol–water partition coefficient (Wildman–Crippen LogP) is 4.41. The third-order valence-corrected chi connectivity index (χ3v) is 9.76. The first-order valence-electron chi connectivity index (χ1n) is 13.8. The molecule has 1 aromatic rings. The lowest BCUT2D eigenvalue weighted by atomic mass is 9.52. The zero-order valence-electron chi connectivity index (χ0n) is 21.6. The minimum Gasteiger partial charge on any atom is -0.396 e. The highest BCUT2D eigenvalue weighted by Crippen LogP contribution is 2.60. The summed E-state index contributed by atoms with van der Waals surface area (Å²) in [5.41, 5.74) is 15.1. The highest BCUT2D eigenvalue weighted by molar-refractivity contribution is 5.25. The van der Waals surface area contributed by atoms with Crippen molar-refractivity contribution in [2.45, 2.75) is 94.5 Å². The zero-order chi connectivity index (χ0) is 24.7. The summed E-state index contributed by atoms with van der Waals surface area (Å²) in [5, 5.41) is 13.1. The van der Waals surface area contributed by atoms with Crippen LogP contribution in [0.3, 0.4) is 0 Å². The quantitative estimate of drug-likeness (QED) is 0.465. The Labute approximate surface area is 211 Å². The van der Waals surface area contributed by atoms with E-state index in [1.165, 1.54) is 30.4 Å². The van der Waals surface area contributed by atoms with Crippen molar-refractivity contribution in [1.82, 2.24) is 5.32 Å². The molecule has 5 heteroatoms. The highest BCUT2D eigenvalue weighted by Gasteiger charge is 2.63. The number of aliphatic hydroxyl groups excluding tert-OH is 1. The standard InChI is InChI=1S/C30H45N3O2/c1-28(2)26-12-13-30(35-28,20-29(26,32)14-15-34)25-10-9-23(16-21-6-4-3-5-7-21)24(18-25)17-22-8-11-27(31)33-19-22/h3-8,11,19,23-27,33-34H,9-10,12-18,20,31-32H2,1-2H3/t23-,24-,25-,26+,27?,29+,30+/m1/s1. The molecule has 2 saturated carbocycles. The number of ether oxygens (including phenoxy) is 1. The van der Waals surface area contributed by atoms with E-state index in [1.807, 2.05) is 0 Å². The average molecular weight is 480 g/mol. The van der Waals surface area contributed by atoms with Crippen LogP contribution >= 0.6 is 0 Å². The van der Waals surface area contributed by atoms with Gasteiger partial charge in [-0.1, -0.05) is 36.4 Å². The van der Waals surface area contributed by atoms with Crippen LogP contribution in [0, 0.1) is 23.7 Å². The van der Waals surface area contributed by atoms with E-state index in [2.05, 4.69) is 67.8 Å². The molecule has 4 fully saturated rings. The molecule has 0 amide bonds. The molecule has 1 unspecified atom stereocenters. The Morgan fingerprint density at radius 1 is 1.09 bits per heavy atom. The molecule has 35 heavy (non-hydrogen) atoms. The molecule has 2 saturated heterocycles. The Hall–Kier alpha value is -1.66. The van der Waals surface area contributed by atoms with Crippen molar-refractivity contribution in [3.05, 3.63) is 59.8 Å². The second-order valence-corrected chi connectivity index (χ2v) is 12.4. The summed E-state index contributed by atoms with van der Waals surface area (Å²) in [4.78, 5) is 0. The molecular weight excluding hydrogens is 434 g/mol. The van der Waals surface area contributed by atoms with Gasteiger partial charge in [0, 0.05) is 24.3 Å². The van der Waals surface area contributed by atoms with Crippen LogP contribution in [0.15, 0.2) is 54.3 Å². The SMILES string of the molecule is CC1(C)O[C@@]2([C@@H]3CC[C@H](Cc4ccccc4)[C@H](CC4=CNC(N)C=C4)C3)CC[C@@H]1[C@](N)(CCO)C2. The first-order valence-corrected chi connectivity index (χ1v) is 13.8. The van der Waals surface area contributed by atoms with Crippen LogP contribution in [0.25, 0.3) is 0 Å². The second kappa shape index (κ2) is 9.66. The van der Waals surface area contributed by atoms with Gasteiger partial charge in [0.25, 0.3) is 0 Å². The highest BCUT2D eigenvalue weighted by atomic mass is 16.5. The van der Waals surface area contributed by atoms with Crippen LogP contribution in [0.4, 0.5) is 0 Å². The molecule has 0 aromatic heterocycles. The van der Waals surface area contributed by atoms with E-state index in [-0.39, 0.29) is 29.5 Å². The lowest BCUT2D eigenvalue weighted by Crippen LogP contribution is -2.72. The summed E-state index contributed by atoms with van der Waals surface area (Å²) >= 11 is 0. The number of fused-ring (bicyclic) bond motifs is 3. The molecule has 5 aliphatic rings. The van der Waals surface area contributed by atoms with Gasteiger partial charge in [0.15, 0.2) is 0 Å². The predicted molar refractivity (Wildman–Crippen MR) is 141 cm³/mol. The normalized spacial score (nSPS) is 40.3. The maximum Gasteiger partial charge on any atom is 0.0934 e. The van der Waals surface area contributed by atoms with E-state index in [9.17, 15) is 5.11 Å². The summed E-state index contributed by atoms with van der Waals surface area (Å²) in [5.74, 6) is 2.06. The largest absolute Gasteiger partial charge is 0.396 e. The fraction of sp³-hybridized carbons (Fsp3) is 0.667. The Bertz CT molecular complexity index is 944. The number of hydrogen-bond acceptors (Lipinski definition) is 5. The van der Waals surface area contributed by atoms with Gasteiger partial charge in [0.1, 0.15) is 0 Å². The number of nitrogens with two attached hydrogens (primary N) is 2. The Kier molecular flexibility index (Phi) is 6.90.